The lowest BCUT2D eigenvalue weighted by Crippen LogP contribution is -3.00. The summed E-state index contributed by atoms with van der Waals surface area (Å²) in [6.45, 7) is 0.598. The first-order chi connectivity index (χ1) is 9.67. The van der Waals surface area contributed by atoms with Gasteiger partial charge in [0.05, 0.1) is 20.0 Å². The molecule has 1 aliphatic heterocycles. The number of hydrogen-bond donors (Lipinski definition) is 0. The molecule has 0 saturated carbocycles. The standard InChI is InChI=1S/C12H19ClN3O5.HI/c1-16(2)8-11(14(17)18)4-3-10(21-6-5-13)12(7-11,9-16)15(19)20;/h3H,4-9H2,1-2H3;1H/q+1;/p-1. The molecule has 0 radical (unpaired) electrons. The zero-order valence-electron chi connectivity index (χ0n) is 12.5. The highest BCUT2D eigenvalue weighted by Crippen LogP contribution is 2.45. The van der Waals surface area contributed by atoms with Gasteiger partial charge in [-0.3, -0.25) is 20.2 Å². The summed E-state index contributed by atoms with van der Waals surface area (Å²) in [5.74, 6) is 0.431. The largest absolute Gasteiger partial charge is 1.00 e. The number of likely N-dealkylation sites (N-methyl/N-ethyl adjacent to an activating group) is 1. The molecule has 0 aromatic carbocycles. The van der Waals surface area contributed by atoms with Crippen LogP contribution in [0.3, 0.4) is 0 Å². The number of fused-ring (bicyclic) bond motifs is 2. The van der Waals surface area contributed by atoms with Gasteiger partial charge in [0.1, 0.15) is 13.0 Å². The van der Waals surface area contributed by atoms with E-state index in [0.717, 1.165) is 0 Å². The van der Waals surface area contributed by atoms with Crippen LogP contribution in [0, 0.1) is 20.2 Å². The number of piperidine rings is 1. The number of ether oxygens (including phenoxy) is 1. The van der Waals surface area contributed by atoms with Crippen LogP contribution in [0.2, 0.25) is 0 Å². The SMILES string of the molecule is C[N+]1(C)CC2([N+](=O)[O-])CC=C(OCCCl)C([N+](=O)[O-])(C2)C1.[I-]. The van der Waals surface area contributed by atoms with Gasteiger partial charge >= 0.3 is 5.54 Å². The van der Waals surface area contributed by atoms with Crippen molar-refractivity contribution in [2.75, 3.05) is 39.7 Å². The summed E-state index contributed by atoms with van der Waals surface area (Å²) in [6, 6.07) is 0. The minimum absolute atomic E-state index is 0. The molecule has 22 heavy (non-hydrogen) atoms. The Bertz CT molecular complexity index is 515. The number of likely N-dealkylation sites (tertiary alicyclic amines) is 1. The van der Waals surface area contributed by atoms with Crippen molar-refractivity contribution in [2.45, 2.75) is 23.9 Å². The maximum Gasteiger partial charge on any atom is 0.332 e. The van der Waals surface area contributed by atoms with E-state index in [2.05, 4.69) is 0 Å². The van der Waals surface area contributed by atoms with E-state index in [1.54, 1.807) is 14.1 Å². The molecular weight excluding hydrogens is 429 g/mol. The molecule has 10 heteroatoms. The van der Waals surface area contributed by atoms with Crippen LogP contribution >= 0.6 is 11.6 Å². The van der Waals surface area contributed by atoms with E-state index in [0.29, 0.717) is 0 Å². The second-order valence-electron chi connectivity index (χ2n) is 6.51. The van der Waals surface area contributed by atoms with Crippen molar-refractivity contribution in [3.63, 3.8) is 0 Å². The second kappa shape index (κ2) is 6.44. The number of halogens is 2. The lowest BCUT2D eigenvalue weighted by Gasteiger charge is -2.47. The van der Waals surface area contributed by atoms with Crippen molar-refractivity contribution in [3.05, 3.63) is 32.1 Å². The molecule has 2 aliphatic rings. The van der Waals surface area contributed by atoms with E-state index in [9.17, 15) is 20.2 Å². The third-order valence-electron chi connectivity index (χ3n) is 4.23. The van der Waals surface area contributed by atoms with Gasteiger partial charge in [0.2, 0.25) is 0 Å². The van der Waals surface area contributed by atoms with Gasteiger partial charge in [0, 0.05) is 16.3 Å². The molecule has 0 spiro atoms. The molecule has 126 valence electrons. The molecule has 2 rings (SSSR count). The van der Waals surface area contributed by atoms with Gasteiger partial charge < -0.3 is 33.2 Å². The average molecular weight is 448 g/mol. The van der Waals surface area contributed by atoms with E-state index < -0.39 is 16.0 Å². The molecule has 1 saturated heterocycles. The minimum Gasteiger partial charge on any atom is -1.00 e. The van der Waals surface area contributed by atoms with Crippen LogP contribution in [-0.2, 0) is 4.74 Å². The molecular formula is C12H19ClIN3O5. The van der Waals surface area contributed by atoms with E-state index >= 15 is 0 Å². The molecule has 0 aromatic rings. The number of alkyl halides is 1. The van der Waals surface area contributed by atoms with Crippen molar-refractivity contribution in [2.24, 2.45) is 0 Å². The van der Waals surface area contributed by atoms with Crippen molar-refractivity contribution in [1.29, 1.82) is 0 Å². The average Bonchev–Trinajstić information content (AvgIpc) is 2.35. The van der Waals surface area contributed by atoms with Gasteiger partial charge in [0.25, 0.3) is 5.54 Å². The smallest absolute Gasteiger partial charge is 0.332 e. The van der Waals surface area contributed by atoms with E-state index in [4.69, 9.17) is 16.3 Å². The Labute approximate surface area is 150 Å². The Hall–Kier alpha value is -0.680. The highest BCUT2D eigenvalue weighted by molar-refractivity contribution is 6.17. The number of nitro groups is 2. The van der Waals surface area contributed by atoms with Crippen molar-refractivity contribution >= 4 is 11.6 Å². The maximum atomic E-state index is 11.7. The summed E-state index contributed by atoms with van der Waals surface area (Å²) >= 11 is 5.58. The quantitative estimate of drug-likeness (QED) is 0.160. The zero-order chi connectivity index (χ0) is 15.9. The first-order valence-electron chi connectivity index (χ1n) is 6.68. The molecule has 1 fully saturated rings. The fraction of sp³-hybridized carbons (Fsp3) is 0.833. The zero-order valence-corrected chi connectivity index (χ0v) is 15.4. The topological polar surface area (TPSA) is 95.5 Å². The summed E-state index contributed by atoms with van der Waals surface area (Å²) < 4.78 is 5.67. The van der Waals surface area contributed by atoms with Crippen LogP contribution in [0.4, 0.5) is 0 Å². The Morgan fingerprint density at radius 1 is 1.32 bits per heavy atom. The Morgan fingerprint density at radius 3 is 2.45 bits per heavy atom. The molecule has 0 aromatic heterocycles. The van der Waals surface area contributed by atoms with Gasteiger partial charge in [0.15, 0.2) is 18.8 Å². The van der Waals surface area contributed by atoms with Crippen molar-refractivity contribution in [1.82, 2.24) is 0 Å². The predicted octanol–water partition coefficient (Wildman–Crippen LogP) is -1.96. The van der Waals surface area contributed by atoms with Crippen LogP contribution in [0.5, 0.6) is 0 Å². The van der Waals surface area contributed by atoms with Gasteiger partial charge in [-0.25, -0.2) is 0 Å². The highest BCUT2D eigenvalue weighted by atomic mass is 127. The molecule has 2 atom stereocenters. The molecule has 1 heterocycles. The van der Waals surface area contributed by atoms with E-state index in [1.807, 2.05) is 0 Å². The van der Waals surface area contributed by atoms with Crippen LogP contribution in [-0.4, -0.2) is 65.1 Å². The van der Waals surface area contributed by atoms with Crippen LogP contribution < -0.4 is 24.0 Å². The van der Waals surface area contributed by atoms with Gasteiger partial charge in [-0.2, -0.15) is 0 Å². The van der Waals surface area contributed by atoms with Crippen LogP contribution in [0.25, 0.3) is 0 Å². The number of nitrogens with zero attached hydrogens (tertiary/aromatic N) is 3. The highest BCUT2D eigenvalue weighted by Gasteiger charge is 2.70. The monoisotopic (exact) mass is 447 g/mol. The summed E-state index contributed by atoms with van der Waals surface area (Å²) in [4.78, 5) is 22.5. The Morgan fingerprint density at radius 2 is 1.95 bits per heavy atom. The molecule has 2 unspecified atom stereocenters. The molecule has 0 N–H and O–H groups in total. The lowest BCUT2D eigenvalue weighted by atomic mass is 9.70. The van der Waals surface area contributed by atoms with Crippen molar-refractivity contribution in [3.8, 4) is 0 Å². The van der Waals surface area contributed by atoms with Crippen molar-refractivity contribution < 1.29 is 43.0 Å². The third-order valence-corrected chi connectivity index (χ3v) is 4.39. The Balaban J connectivity index is 0.00000242. The van der Waals surface area contributed by atoms with Gasteiger partial charge in [-0.1, -0.05) is 0 Å². The van der Waals surface area contributed by atoms with E-state index in [1.165, 1.54) is 6.08 Å². The Kier molecular flexibility index (Phi) is 5.67. The number of quaternary nitrogens is 1. The molecule has 2 bridgehead atoms. The first-order valence-corrected chi connectivity index (χ1v) is 7.21. The second-order valence-corrected chi connectivity index (χ2v) is 6.89. The third kappa shape index (κ3) is 3.16. The fourth-order valence-corrected chi connectivity index (χ4v) is 3.82. The number of rotatable bonds is 5. The molecule has 0 amide bonds. The molecule has 8 nitrogen and oxygen atoms in total. The van der Waals surface area contributed by atoms with E-state index in [-0.39, 0.29) is 77.6 Å². The summed E-state index contributed by atoms with van der Waals surface area (Å²) in [6.07, 6.45) is 1.53. The first kappa shape index (κ1) is 19.4. The minimum atomic E-state index is -1.54. The lowest BCUT2D eigenvalue weighted by molar-refractivity contribution is -0.934. The van der Waals surface area contributed by atoms with Crippen LogP contribution in [0.1, 0.15) is 12.8 Å². The fourth-order valence-electron chi connectivity index (χ4n) is 3.74. The molecule has 1 aliphatic carbocycles. The van der Waals surface area contributed by atoms with Gasteiger partial charge in [-0.05, 0) is 6.08 Å². The predicted molar refractivity (Wildman–Crippen MR) is 75.3 cm³/mol. The summed E-state index contributed by atoms with van der Waals surface area (Å²) in [7, 11) is 3.56. The normalized spacial score (nSPS) is 32.4. The maximum absolute atomic E-state index is 11.7. The summed E-state index contributed by atoms with van der Waals surface area (Å²) in [5.41, 5.74) is -2.85. The van der Waals surface area contributed by atoms with Gasteiger partial charge in [-0.15, -0.1) is 11.6 Å². The number of hydrogen-bond acceptors (Lipinski definition) is 5. The van der Waals surface area contributed by atoms with Crippen LogP contribution in [0.15, 0.2) is 11.8 Å². The summed E-state index contributed by atoms with van der Waals surface area (Å²) in [5, 5.41) is 23.3.